The first-order chi connectivity index (χ1) is 14.7. The molecule has 4 rings (SSSR count). The molecule has 7 nitrogen and oxygen atoms in total. The lowest BCUT2D eigenvalue weighted by molar-refractivity contribution is 0.102. The summed E-state index contributed by atoms with van der Waals surface area (Å²) < 4.78 is 40.9. The van der Waals surface area contributed by atoms with Crippen LogP contribution in [0.4, 0.5) is 15.2 Å². The normalized spacial score (nSPS) is 14.2. The van der Waals surface area contributed by atoms with E-state index in [2.05, 4.69) is 19.9 Å². The number of aryl methyl sites for hydroxylation is 1. The molecule has 1 aliphatic rings. The Labute approximate surface area is 184 Å². The molecule has 2 aromatic carbocycles. The molecule has 2 N–H and O–H groups in total. The zero-order valence-corrected chi connectivity index (χ0v) is 18.6. The topological polar surface area (TPSA) is 91.4 Å². The Bertz CT molecular complexity index is 1240. The van der Waals surface area contributed by atoms with E-state index in [-0.39, 0.29) is 16.5 Å². The quantitative estimate of drug-likeness (QED) is 0.607. The third-order valence-corrected chi connectivity index (χ3v) is 7.39. The lowest BCUT2D eigenvalue weighted by Crippen LogP contribution is -2.25. The first-order valence-electron chi connectivity index (χ1n) is 9.59. The highest BCUT2D eigenvalue weighted by atomic mass is 32.2. The number of sulfonamides is 1. The van der Waals surface area contributed by atoms with Crippen molar-refractivity contribution in [1.82, 2.24) is 9.88 Å². The van der Waals surface area contributed by atoms with Crippen molar-refractivity contribution in [2.24, 2.45) is 0 Å². The summed E-state index contributed by atoms with van der Waals surface area (Å²) in [5.74, 6) is -0.897. The van der Waals surface area contributed by atoms with Crippen LogP contribution in [0.5, 0.6) is 0 Å². The van der Waals surface area contributed by atoms with Crippen molar-refractivity contribution in [2.45, 2.75) is 24.8 Å². The van der Waals surface area contributed by atoms with Crippen LogP contribution in [0, 0.1) is 12.7 Å². The van der Waals surface area contributed by atoms with Crippen LogP contribution in [0.2, 0.25) is 0 Å². The second kappa shape index (κ2) is 8.37. The van der Waals surface area contributed by atoms with Gasteiger partial charge in [-0.05, 0) is 55.9 Å². The van der Waals surface area contributed by atoms with Gasteiger partial charge in [0.1, 0.15) is 5.82 Å². The Balaban J connectivity index is 1.53. The summed E-state index contributed by atoms with van der Waals surface area (Å²) in [5, 5.41) is 3.34. The summed E-state index contributed by atoms with van der Waals surface area (Å²) in [4.78, 5) is 20.5. The van der Waals surface area contributed by atoms with Gasteiger partial charge in [-0.1, -0.05) is 6.07 Å². The second-order valence-corrected chi connectivity index (χ2v) is 10.2. The Kier molecular flexibility index (Phi) is 5.78. The number of rotatable bonds is 5. The summed E-state index contributed by atoms with van der Waals surface area (Å²) in [6.45, 7) is 3.47. The molecule has 0 spiro atoms. The Hall–Kier alpha value is -2.82. The lowest BCUT2D eigenvalue weighted by atomic mass is 10.1. The molecule has 0 saturated carbocycles. The predicted molar refractivity (Wildman–Crippen MR) is 118 cm³/mol. The largest absolute Gasteiger partial charge is 0.301 e. The van der Waals surface area contributed by atoms with Crippen molar-refractivity contribution in [2.75, 3.05) is 23.6 Å². The van der Waals surface area contributed by atoms with Gasteiger partial charge in [0.15, 0.2) is 5.13 Å². The maximum absolute atomic E-state index is 13.1. The van der Waals surface area contributed by atoms with E-state index in [9.17, 15) is 17.6 Å². The van der Waals surface area contributed by atoms with Crippen molar-refractivity contribution in [1.29, 1.82) is 0 Å². The Morgan fingerprint density at radius 1 is 1.19 bits per heavy atom. The van der Waals surface area contributed by atoms with Crippen molar-refractivity contribution < 1.29 is 17.6 Å². The molecular formula is C21H21FN4O3S2. The minimum absolute atomic E-state index is 0.0681. The van der Waals surface area contributed by atoms with E-state index in [0.29, 0.717) is 16.3 Å². The number of carbonyl (C=O) groups is 1. The van der Waals surface area contributed by atoms with Gasteiger partial charge in [0.05, 0.1) is 16.3 Å². The van der Waals surface area contributed by atoms with Gasteiger partial charge in [-0.25, -0.2) is 17.8 Å². The number of nitrogens with one attached hydrogen (secondary N) is 2. The van der Waals surface area contributed by atoms with Crippen LogP contribution in [0.3, 0.4) is 0 Å². The molecular weight excluding hydrogens is 439 g/mol. The highest BCUT2D eigenvalue weighted by Gasteiger charge is 2.20. The Morgan fingerprint density at radius 3 is 2.68 bits per heavy atom. The number of nitrogens with zero attached hydrogens (tertiary/aromatic N) is 2. The number of hydrogen-bond acceptors (Lipinski definition) is 6. The molecule has 1 aliphatic heterocycles. The summed E-state index contributed by atoms with van der Waals surface area (Å²) in [6.07, 6.45) is 0.845. The first kappa shape index (κ1) is 21.4. The number of carbonyl (C=O) groups excluding carboxylic acids is 1. The lowest BCUT2D eigenvalue weighted by Gasteiger charge is -2.20. The van der Waals surface area contributed by atoms with Gasteiger partial charge in [-0.2, -0.15) is 0 Å². The van der Waals surface area contributed by atoms with Gasteiger partial charge < -0.3 is 4.90 Å². The van der Waals surface area contributed by atoms with Crippen molar-refractivity contribution in [3.05, 3.63) is 70.0 Å². The van der Waals surface area contributed by atoms with E-state index in [1.54, 1.807) is 19.1 Å². The average Bonchev–Trinajstić information content (AvgIpc) is 3.11. The van der Waals surface area contributed by atoms with Crippen LogP contribution < -0.4 is 10.0 Å². The third-order valence-electron chi connectivity index (χ3n) is 5.01. The molecule has 162 valence electrons. The fourth-order valence-corrected chi connectivity index (χ4v) is 5.44. The number of fused-ring (bicyclic) bond motifs is 1. The number of likely N-dealkylation sites (N-methyl/N-ethyl adjacent to an activating group) is 1. The van der Waals surface area contributed by atoms with E-state index >= 15 is 0 Å². The van der Waals surface area contributed by atoms with Gasteiger partial charge in [0.2, 0.25) is 0 Å². The van der Waals surface area contributed by atoms with Crippen molar-refractivity contribution in [3.8, 4) is 0 Å². The Morgan fingerprint density at radius 2 is 1.94 bits per heavy atom. The average molecular weight is 461 g/mol. The maximum atomic E-state index is 13.1. The van der Waals surface area contributed by atoms with Gasteiger partial charge in [0.25, 0.3) is 15.9 Å². The summed E-state index contributed by atoms with van der Waals surface area (Å²) >= 11 is 1.45. The van der Waals surface area contributed by atoms with Gasteiger partial charge >= 0.3 is 0 Å². The van der Waals surface area contributed by atoms with E-state index in [0.717, 1.165) is 42.2 Å². The smallest absolute Gasteiger partial charge is 0.261 e. The molecule has 0 unspecified atom stereocenters. The molecule has 2 heterocycles. The number of hydrogen-bond donors (Lipinski definition) is 2. The molecule has 31 heavy (non-hydrogen) atoms. The van der Waals surface area contributed by atoms with Gasteiger partial charge in [0, 0.05) is 30.0 Å². The van der Waals surface area contributed by atoms with E-state index < -0.39 is 15.8 Å². The SMILES string of the molecule is Cc1ccc(C(=O)Nc2nc3c(s2)CN(C)CC3)cc1NS(=O)(=O)c1ccc(F)cc1. The monoisotopic (exact) mass is 460 g/mol. The summed E-state index contributed by atoms with van der Waals surface area (Å²) in [7, 11) is -1.88. The molecule has 0 aliphatic carbocycles. The highest BCUT2D eigenvalue weighted by molar-refractivity contribution is 7.92. The zero-order chi connectivity index (χ0) is 22.2. The number of halogens is 1. The molecule has 0 bridgehead atoms. The fraction of sp³-hybridized carbons (Fsp3) is 0.238. The number of amides is 1. The molecule has 1 amide bonds. The molecule has 3 aromatic rings. The third kappa shape index (κ3) is 4.76. The van der Waals surface area contributed by atoms with E-state index in [1.165, 1.54) is 29.5 Å². The summed E-state index contributed by atoms with van der Waals surface area (Å²) in [6, 6.07) is 9.30. The number of aromatic nitrogens is 1. The predicted octanol–water partition coefficient (Wildman–Crippen LogP) is 3.63. The van der Waals surface area contributed by atoms with Crippen molar-refractivity contribution in [3.63, 3.8) is 0 Å². The highest BCUT2D eigenvalue weighted by Crippen LogP contribution is 2.28. The van der Waals surface area contributed by atoms with E-state index in [4.69, 9.17) is 0 Å². The maximum Gasteiger partial charge on any atom is 0.261 e. The van der Waals surface area contributed by atoms with Crippen LogP contribution in [-0.4, -0.2) is 37.8 Å². The fourth-order valence-electron chi connectivity index (χ4n) is 3.24. The number of benzene rings is 2. The number of thiazole rings is 1. The van der Waals surface area contributed by atoms with Crippen LogP contribution >= 0.6 is 11.3 Å². The molecule has 1 aromatic heterocycles. The van der Waals surface area contributed by atoms with Crippen molar-refractivity contribution >= 4 is 38.1 Å². The standard InChI is InChI=1S/C21H21FN4O3S2/c1-13-3-4-14(11-18(13)25-31(28,29)16-7-5-15(22)6-8-16)20(27)24-21-23-17-9-10-26(2)12-19(17)30-21/h3-8,11,25H,9-10,12H2,1-2H3,(H,23,24,27). The zero-order valence-electron chi connectivity index (χ0n) is 17.0. The van der Waals surface area contributed by atoms with Crippen LogP contribution in [-0.2, 0) is 23.0 Å². The molecule has 0 atom stereocenters. The summed E-state index contributed by atoms with van der Waals surface area (Å²) in [5.41, 5.74) is 2.23. The van der Waals surface area contributed by atoms with Crippen LogP contribution in [0.1, 0.15) is 26.5 Å². The first-order valence-corrected chi connectivity index (χ1v) is 11.9. The molecule has 10 heteroatoms. The molecule has 0 saturated heterocycles. The van der Waals surface area contributed by atoms with E-state index in [1.807, 2.05) is 7.05 Å². The van der Waals surface area contributed by atoms with Gasteiger partial charge in [-0.15, -0.1) is 11.3 Å². The van der Waals surface area contributed by atoms with Gasteiger partial charge in [-0.3, -0.25) is 14.8 Å². The number of anilines is 2. The van der Waals surface area contributed by atoms with Crippen LogP contribution in [0.25, 0.3) is 0 Å². The minimum Gasteiger partial charge on any atom is -0.301 e. The van der Waals surface area contributed by atoms with Crippen LogP contribution in [0.15, 0.2) is 47.4 Å². The minimum atomic E-state index is -3.92. The molecule has 0 fully saturated rings. The molecule has 0 radical (unpaired) electrons. The second-order valence-electron chi connectivity index (χ2n) is 7.42.